The number of ether oxygens (including phenoxy) is 2. The molecule has 4 heterocycles. The Kier molecular flexibility index (Phi) is 14.1. The van der Waals surface area contributed by atoms with Crippen LogP contribution in [0.2, 0.25) is 0 Å². The van der Waals surface area contributed by atoms with Gasteiger partial charge in [-0.2, -0.15) is 0 Å². The lowest BCUT2D eigenvalue weighted by molar-refractivity contribution is 0.120. The third-order valence-electron chi connectivity index (χ3n) is 8.83. The number of rotatable bonds is 12. The van der Waals surface area contributed by atoms with Gasteiger partial charge in [0.2, 0.25) is 0 Å². The molecule has 0 saturated heterocycles. The van der Waals surface area contributed by atoms with E-state index in [2.05, 4.69) is 38.0 Å². The number of benzene rings is 4. The van der Waals surface area contributed by atoms with Crippen LogP contribution in [-0.2, 0) is 22.7 Å². The van der Waals surface area contributed by atoms with Crippen molar-refractivity contribution in [3.63, 3.8) is 0 Å². The minimum Gasteiger partial charge on any atom is -0.465 e. The summed E-state index contributed by atoms with van der Waals surface area (Å²) in [7, 11) is -1.53. The highest BCUT2D eigenvalue weighted by molar-refractivity contribution is 9.10. The number of hydrogen-bond acceptors (Lipinski definition) is 12. The first-order chi connectivity index (χ1) is 27.2. The van der Waals surface area contributed by atoms with Crippen LogP contribution in [0.4, 0.5) is 11.6 Å². The molecule has 10 N–H and O–H groups in total. The van der Waals surface area contributed by atoms with E-state index in [1.807, 2.05) is 72.8 Å². The molecule has 0 aliphatic heterocycles. The van der Waals surface area contributed by atoms with Crippen molar-refractivity contribution < 1.29 is 28.4 Å². The third kappa shape index (κ3) is 10.1. The van der Waals surface area contributed by atoms with Gasteiger partial charge in [-0.25, -0.2) is 9.97 Å². The van der Waals surface area contributed by atoms with Crippen molar-refractivity contribution in [2.45, 2.75) is 26.1 Å². The number of halogens is 1. The average molecular weight is 820 g/mol. The van der Waals surface area contributed by atoms with E-state index in [0.29, 0.717) is 56.7 Å². The summed E-state index contributed by atoms with van der Waals surface area (Å²) >= 11 is 3.48. The first kappa shape index (κ1) is 40.4. The predicted molar refractivity (Wildman–Crippen MR) is 228 cm³/mol. The molecule has 288 valence electrons. The Morgan fingerprint density at radius 2 is 1.16 bits per heavy atom. The summed E-state index contributed by atoms with van der Waals surface area (Å²) < 4.78 is 23.3. The zero-order valence-electron chi connectivity index (χ0n) is 30.7. The van der Waals surface area contributed by atoms with Gasteiger partial charge in [0.25, 0.3) is 0 Å². The monoisotopic (exact) mass is 818 g/mol. The van der Waals surface area contributed by atoms with Crippen LogP contribution < -0.4 is 28.6 Å². The van der Waals surface area contributed by atoms with Crippen molar-refractivity contribution in [3.05, 3.63) is 125 Å². The number of anilines is 2. The van der Waals surface area contributed by atoms with Gasteiger partial charge in [-0.15, -0.1) is 0 Å². The van der Waals surface area contributed by atoms with Gasteiger partial charge in [-0.05, 0) is 94.8 Å². The third-order valence-corrected chi connectivity index (χ3v) is 9.46. The molecule has 0 unspecified atom stereocenters. The molecule has 12 nitrogen and oxygen atoms in total. The quantitative estimate of drug-likeness (QED) is 0.0565. The van der Waals surface area contributed by atoms with Crippen LogP contribution in [0.25, 0.3) is 54.8 Å². The van der Waals surface area contributed by atoms with Gasteiger partial charge in [0, 0.05) is 62.6 Å². The largest absolute Gasteiger partial charge is 0.526 e. The van der Waals surface area contributed by atoms with Crippen LogP contribution >= 0.6 is 15.9 Å². The van der Waals surface area contributed by atoms with E-state index in [4.69, 9.17) is 51.3 Å². The molecule has 0 saturated carbocycles. The highest BCUT2D eigenvalue weighted by Crippen LogP contribution is 2.35. The molecule has 0 bridgehead atoms. The molecule has 4 aromatic heterocycles. The van der Waals surface area contributed by atoms with Crippen molar-refractivity contribution >= 4 is 83.8 Å². The molecule has 0 atom stereocenters. The summed E-state index contributed by atoms with van der Waals surface area (Å²) in [6.07, 6.45) is 5.23. The van der Waals surface area contributed by atoms with Crippen LogP contribution in [0.3, 0.4) is 0 Å². The number of furan rings is 2. The fourth-order valence-corrected chi connectivity index (χ4v) is 6.39. The zero-order valence-corrected chi connectivity index (χ0v) is 32.3. The van der Waals surface area contributed by atoms with Crippen LogP contribution in [0.15, 0.2) is 123 Å². The molecule has 0 aliphatic carbocycles. The van der Waals surface area contributed by atoms with E-state index >= 15 is 0 Å². The molecule has 56 heavy (non-hydrogen) atoms. The van der Waals surface area contributed by atoms with E-state index in [9.17, 15) is 0 Å². The Balaban J connectivity index is 0.000000154. The van der Waals surface area contributed by atoms with Crippen molar-refractivity contribution in [2.75, 3.05) is 37.8 Å². The second-order valence-electron chi connectivity index (χ2n) is 12.9. The molecule has 0 fully saturated rings. The zero-order chi connectivity index (χ0) is 39.4. The molecule has 0 spiro atoms. The molecule has 0 radical (unpaired) electrons. The SMILES string of the molecule is NCCCOCc1ccc2c(N)ncc(-c3cc4ccccc4o3)c2c1.NCCCOCc1ccc2c(N)ncc(Br)c2c1.OB(O)c1cc2ccccc2o1. The molecule has 14 heteroatoms. The number of nitrogens with zero attached hydrogens (tertiary/aromatic N) is 2. The standard InChI is InChI=1S/C21H21N3O2.C13H16BrN3O.C8H7BO3/c22-8-3-9-25-13-14-6-7-16-17(10-14)18(12-24-21(16)23)20-11-15-4-1-2-5-19(15)26-20;14-12-7-17-13(16)10-3-2-9(6-11(10)12)8-18-5-1-4-15;10-9(11)8-5-6-3-1-2-4-7(6)12-8/h1-2,4-7,10-12H,3,8-9,13,22H2,(H2,23,24);2-3,6-7H,1,4-5,8,15H2,(H2,16,17);1-5,10-11H. The van der Waals surface area contributed by atoms with Crippen LogP contribution in [0, 0.1) is 0 Å². The number of para-hydroxylation sites is 2. The summed E-state index contributed by atoms with van der Waals surface area (Å²) in [6, 6.07) is 31.1. The number of nitrogens with two attached hydrogens (primary N) is 4. The lowest BCUT2D eigenvalue weighted by atomic mass is 9.88. The lowest BCUT2D eigenvalue weighted by Gasteiger charge is -2.09. The molecular formula is C42H44BBrN6O6. The maximum absolute atomic E-state index is 8.79. The average Bonchev–Trinajstić information content (AvgIpc) is 3.86. The summed E-state index contributed by atoms with van der Waals surface area (Å²) in [5, 5.41) is 23.4. The Morgan fingerprint density at radius 1 is 0.625 bits per heavy atom. The summed E-state index contributed by atoms with van der Waals surface area (Å²) in [6.45, 7) is 3.77. The van der Waals surface area contributed by atoms with Crippen LogP contribution in [0.1, 0.15) is 24.0 Å². The number of nitrogen functional groups attached to an aromatic ring is 2. The first-order valence-electron chi connectivity index (χ1n) is 18.1. The van der Waals surface area contributed by atoms with Crippen LogP contribution in [-0.4, -0.2) is 53.4 Å². The molecule has 8 rings (SSSR count). The Morgan fingerprint density at radius 3 is 1.73 bits per heavy atom. The lowest BCUT2D eigenvalue weighted by Crippen LogP contribution is -2.27. The molecule has 0 aliphatic rings. The smallest absolute Gasteiger partial charge is 0.465 e. The first-order valence-corrected chi connectivity index (χ1v) is 18.9. The van der Waals surface area contributed by atoms with Crippen molar-refractivity contribution in [1.82, 2.24) is 9.97 Å². The summed E-state index contributed by atoms with van der Waals surface area (Å²) in [5.41, 5.74) is 27.7. The van der Waals surface area contributed by atoms with E-state index in [-0.39, 0.29) is 5.66 Å². The van der Waals surface area contributed by atoms with Gasteiger partial charge < -0.3 is 51.3 Å². The number of aromatic nitrogens is 2. The van der Waals surface area contributed by atoms with Crippen LogP contribution in [0.5, 0.6) is 0 Å². The van der Waals surface area contributed by atoms with E-state index in [1.165, 1.54) is 0 Å². The summed E-state index contributed by atoms with van der Waals surface area (Å²) in [4.78, 5) is 8.45. The maximum atomic E-state index is 8.79. The highest BCUT2D eigenvalue weighted by atomic mass is 79.9. The van der Waals surface area contributed by atoms with Gasteiger partial charge in [0.15, 0.2) is 0 Å². The minimum absolute atomic E-state index is 0.177. The topological polar surface area (TPSA) is 215 Å². The van der Waals surface area contributed by atoms with Gasteiger partial charge in [0.1, 0.15) is 34.2 Å². The maximum Gasteiger partial charge on any atom is 0.526 e. The Bertz CT molecular complexity index is 2460. The van der Waals surface area contributed by atoms with E-state index in [0.717, 1.165) is 77.7 Å². The van der Waals surface area contributed by atoms with Crippen molar-refractivity contribution in [3.8, 4) is 11.3 Å². The predicted octanol–water partition coefficient (Wildman–Crippen LogP) is 6.65. The Hall–Kier alpha value is -5.32. The second-order valence-corrected chi connectivity index (χ2v) is 13.8. The molecule has 8 aromatic rings. The fraction of sp³-hybridized carbons (Fsp3) is 0.190. The van der Waals surface area contributed by atoms with Crippen molar-refractivity contribution in [1.29, 1.82) is 0 Å². The number of pyridine rings is 2. The summed E-state index contributed by atoms with van der Waals surface area (Å²) in [5.74, 6) is 1.84. The van der Waals surface area contributed by atoms with Gasteiger partial charge in [-0.1, -0.05) is 60.7 Å². The second kappa shape index (κ2) is 19.5. The number of hydrogen-bond donors (Lipinski definition) is 6. The normalized spacial score (nSPS) is 11.1. The molecule has 4 aromatic carbocycles. The number of fused-ring (bicyclic) bond motifs is 4. The molecular weight excluding hydrogens is 775 g/mol. The minimum atomic E-state index is -1.53. The van der Waals surface area contributed by atoms with Gasteiger partial charge in [-0.3, -0.25) is 0 Å². The van der Waals surface area contributed by atoms with Gasteiger partial charge >= 0.3 is 7.12 Å². The molecule has 0 amide bonds. The van der Waals surface area contributed by atoms with E-state index in [1.54, 1.807) is 24.5 Å². The fourth-order valence-electron chi connectivity index (χ4n) is 5.96. The van der Waals surface area contributed by atoms with E-state index < -0.39 is 7.12 Å². The Labute approximate surface area is 332 Å². The van der Waals surface area contributed by atoms with Gasteiger partial charge in [0.05, 0.1) is 13.2 Å². The van der Waals surface area contributed by atoms with Crippen molar-refractivity contribution in [2.24, 2.45) is 11.5 Å². The highest BCUT2D eigenvalue weighted by Gasteiger charge is 2.16.